The van der Waals surface area contributed by atoms with Crippen LogP contribution in [0.1, 0.15) is 57.2 Å². The monoisotopic (exact) mass is 299 g/mol. The first-order valence-electron chi connectivity index (χ1n) is 8.50. The summed E-state index contributed by atoms with van der Waals surface area (Å²) in [7, 11) is 0. The number of unbranched alkanes of at least 4 members (excludes halogenated alkanes) is 2. The van der Waals surface area contributed by atoms with Gasteiger partial charge in [0, 0.05) is 25.4 Å². The SMILES string of the molecule is CCCCCC(=O)N1CCCC(c2nc3ccccc3[nH]2)C1. The van der Waals surface area contributed by atoms with Crippen molar-refractivity contribution in [3.05, 3.63) is 30.1 Å². The number of piperidine rings is 1. The molecule has 118 valence electrons. The van der Waals surface area contributed by atoms with E-state index in [1.165, 1.54) is 0 Å². The summed E-state index contributed by atoms with van der Waals surface area (Å²) in [5.74, 6) is 1.69. The van der Waals surface area contributed by atoms with Crippen molar-refractivity contribution in [1.82, 2.24) is 14.9 Å². The number of nitrogens with zero attached hydrogens (tertiary/aromatic N) is 2. The Kier molecular flexibility index (Phi) is 4.76. The summed E-state index contributed by atoms with van der Waals surface area (Å²) < 4.78 is 0. The van der Waals surface area contributed by atoms with Gasteiger partial charge in [0.1, 0.15) is 5.82 Å². The van der Waals surface area contributed by atoms with E-state index in [-0.39, 0.29) is 0 Å². The number of H-pyrrole nitrogens is 1. The standard InChI is InChI=1S/C18H25N3O/c1-2-3-4-11-17(22)21-12-7-8-14(13-21)18-19-15-9-5-6-10-16(15)20-18/h5-6,9-10,14H,2-4,7-8,11-13H2,1H3,(H,19,20). The molecule has 22 heavy (non-hydrogen) atoms. The van der Waals surface area contributed by atoms with Crippen LogP contribution in [-0.2, 0) is 4.79 Å². The van der Waals surface area contributed by atoms with Gasteiger partial charge in [-0.15, -0.1) is 0 Å². The number of carbonyl (C=O) groups excluding carboxylic acids is 1. The van der Waals surface area contributed by atoms with Crippen molar-refractivity contribution in [2.75, 3.05) is 13.1 Å². The molecule has 1 amide bonds. The molecule has 3 rings (SSSR count). The largest absolute Gasteiger partial charge is 0.342 e. The van der Waals surface area contributed by atoms with E-state index in [9.17, 15) is 4.79 Å². The predicted molar refractivity (Wildman–Crippen MR) is 88.8 cm³/mol. The van der Waals surface area contributed by atoms with Gasteiger partial charge in [-0.2, -0.15) is 0 Å². The van der Waals surface area contributed by atoms with Crippen molar-refractivity contribution in [2.45, 2.75) is 51.4 Å². The summed E-state index contributed by atoms with van der Waals surface area (Å²) in [6.07, 6.45) is 6.20. The normalized spacial score (nSPS) is 18.8. The zero-order valence-corrected chi connectivity index (χ0v) is 13.3. The van der Waals surface area contributed by atoms with E-state index in [1.54, 1.807) is 0 Å². The Bertz CT molecular complexity index is 601. The average Bonchev–Trinajstić information content (AvgIpc) is 2.99. The smallest absolute Gasteiger partial charge is 0.222 e. The summed E-state index contributed by atoms with van der Waals surface area (Å²) in [6.45, 7) is 3.88. The van der Waals surface area contributed by atoms with Gasteiger partial charge in [-0.05, 0) is 31.4 Å². The van der Waals surface area contributed by atoms with Crippen molar-refractivity contribution in [3.63, 3.8) is 0 Å². The third-order valence-electron chi connectivity index (χ3n) is 4.56. The molecular weight excluding hydrogens is 274 g/mol. The lowest BCUT2D eigenvalue weighted by Gasteiger charge is -2.32. The van der Waals surface area contributed by atoms with Crippen LogP contribution in [0.4, 0.5) is 0 Å². The highest BCUT2D eigenvalue weighted by Crippen LogP contribution is 2.27. The summed E-state index contributed by atoms with van der Waals surface area (Å²) in [5.41, 5.74) is 2.10. The van der Waals surface area contributed by atoms with Crippen LogP contribution in [0.15, 0.2) is 24.3 Å². The van der Waals surface area contributed by atoms with E-state index in [1.807, 2.05) is 23.1 Å². The van der Waals surface area contributed by atoms with Gasteiger partial charge in [-0.1, -0.05) is 31.9 Å². The van der Waals surface area contributed by atoms with Crippen LogP contribution in [0.5, 0.6) is 0 Å². The van der Waals surface area contributed by atoms with Gasteiger partial charge < -0.3 is 9.88 Å². The molecule has 1 atom stereocenters. The number of rotatable bonds is 5. The Morgan fingerprint density at radius 3 is 3.05 bits per heavy atom. The number of amides is 1. The van der Waals surface area contributed by atoms with Gasteiger partial charge in [0.25, 0.3) is 0 Å². The van der Waals surface area contributed by atoms with E-state index < -0.39 is 0 Å². The molecule has 2 heterocycles. The van der Waals surface area contributed by atoms with E-state index in [0.29, 0.717) is 18.2 Å². The van der Waals surface area contributed by atoms with Crippen molar-refractivity contribution in [3.8, 4) is 0 Å². The van der Waals surface area contributed by atoms with E-state index in [4.69, 9.17) is 4.98 Å². The first-order chi connectivity index (χ1) is 10.8. The molecule has 1 aromatic heterocycles. The molecule has 1 aromatic carbocycles. The Morgan fingerprint density at radius 1 is 1.36 bits per heavy atom. The first kappa shape index (κ1) is 15.1. The Balaban J connectivity index is 1.66. The van der Waals surface area contributed by atoms with E-state index in [0.717, 1.165) is 62.1 Å². The van der Waals surface area contributed by atoms with E-state index in [2.05, 4.69) is 18.0 Å². The Labute approximate surface area is 131 Å². The van der Waals surface area contributed by atoms with Crippen molar-refractivity contribution >= 4 is 16.9 Å². The summed E-state index contributed by atoms with van der Waals surface area (Å²) >= 11 is 0. The predicted octanol–water partition coefficient (Wildman–Crippen LogP) is 3.85. The molecule has 0 spiro atoms. The molecule has 1 aliphatic heterocycles. The third kappa shape index (κ3) is 3.32. The van der Waals surface area contributed by atoms with Gasteiger partial charge in [0.05, 0.1) is 11.0 Å². The minimum atomic E-state index is 0.314. The fourth-order valence-corrected chi connectivity index (χ4v) is 3.28. The molecule has 1 N–H and O–H groups in total. The quantitative estimate of drug-likeness (QED) is 0.853. The number of para-hydroxylation sites is 2. The molecule has 1 aliphatic rings. The number of imidazole rings is 1. The van der Waals surface area contributed by atoms with Gasteiger partial charge in [-0.25, -0.2) is 4.98 Å². The number of benzene rings is 1. The number of aromatic amines is 1. The highest BCUT2D eigenvalue weighted by molar-refractivity contribution is 5.76. The summed E-state index contributed by atoms with van der Waals surface area (Å²) in [6, 6.07) is 8.13. The highest BCUT2D eigenvalue weighted by atomic mass is 16.2. The molecule has 1 fully saturated rings. The first-order valence-corrected chi connectivity index (χ1v) is 8.50. The second kappa shape index (κ2) is 6.95. The lowest BCUT2D eigenvalue weighted by molar-refractivity contribution is -0.132. The van der Waals surface area contributed by atoms with Crippen LogP contribution >= 0.6 is 0 Å². The maximum Gasteiger partial charge on any atom is 0.222 e. The van der Waals surface area contributed by atoms with Crippen molar-refractivity contribution in [2.24, 2.45) is 0 Å². The highest BCUT2D eigenvalue weighted by Gasteiger charge is 2.26. The zero-order valence-electron chi connectivity index (χ0n) is 13.3. The lowest BCUT2D eigenvalue weighted by Crippen LogP contribution is -2.39. The molecule has 4 heteroatoms. The number of aromatic nitrogens is 2. The summed E-state index contributed by atoms with van der Waals surface area (Å²) in [5, 5.41) is 0. The summed E-state index contributed by atoms with van der Waals surface area (Å²) in [4.78, 5) is 22.5. The molecule has 0 aliphatic carbocycles. The lowest BCUT2D eigenvalue weighted by atomic mass is 9.97. The second-order valence-electron chi connectivity index (χ2n) is 6.28. The van der Waals surface area contributed by atoms with Crippen LogP contribution in [0.2, 0.25) is 0 Å². The number of carbonyl (C=O) groups is 1. The number of likely N-dealkylation sites (tertiary alicyclic amines) is 1. The second-order valence-corrected chi connectivity index (χ2v) is 6.28. The molecule has 0 radical (unpaired) electrons. The van der Waals surface area contributed by atoms with Gasteiger partial charge >= 0.3 is 0 Å². The third-order valence-corrected chi connectivity index (χ3v) is 4.56. The molecular formula is C18H25N3O. The maximum atomic E-state index is 12.3. The van der Waals surface area contributed by atoms with Crippen LogP contribution < -0.4 is 0 Å². The molecule has 2 aromatic rings. The fourth-order valence-electron chi connectivity index (χ4n) is 3.28. The topological polar surface area (TPSA) is 49.0 Å². The van der Waals surface area contributed by atoms with Crippen LogP contribution in [0.3, 0.4) is 0 Å². The van der Waals surface area contributed by atoms with E-state index >= 15 is 0 Å². The Hall–Kier alpha value is -1.84. The number of hydrogen-bond acceptors (Lipinski definition) is 2. The van der Waals surface area contributed by atoms with Crippen molar-refractivity contribution < 1.29 is 4.79 Å². The van der Waals surface area contributed by atoms with Gasteiger partial charge in [0.2, 0.25) is 5.91 Å². The minimum absolute atomic E-state index is 0.314. The van der Waals surface area contributed by atoms with Gasteiger partial charge in [0.15, 0.2) is 0 Å². The van der Waals surface area contributed by atoms with Crippen LogP contribution in [0, 0.1) is 0 Å². The maximum absolute atomic E-state index is 12.3. The number of hydrogen-bond donors (Lipinski definition) is 1. The molecule has 1 saturated heterocycles. The molecule has 0 bridgehead atoms. The van der Waals surface area contributed by atoms with Crippen LogP contribution in [-0.4, -0.2) is 33.9 Å². The van der Waals surface area contributed by atoms with Gasteiger partial charge in [-0.3, -0.25) is 4.79 Å². The Morgan fingerprint density at radius 2 is 2.23 bits per heavy atom. The number of fused-ring (bicyclic) bond motifs is 1. The molecule has 4 nitrogen and oxygen atoms in total. The molecule has 0 saturated carbocycles. The molecule has 1 unspecified atom stereocenters. The van der Waals surface area contributed by atoms with Crippen LogP contribution in [0.25, 0.3) is 11.0 Å². The fraction of sp³-hybridized carbons (Fsp3) is 0.556. The average molecular weight is 299 g/mol. The number of nitrogens with one attached hydrogen (secondary N) is 1. The van der Waals surface area contributed by atoms with Crippen molar-refractivity contribution in [1.29, 1.82) is 0 Å². The minimum Gasteiger partial charge on any atom is -0.342 e. The zero-order chi connectivity index (χ0) is 15.4.